The maximum Gasteiger partial charge on any atom is 0.127 e. The molecule has 3 rings (SSSR count). The van der Waals surface area contributed by atoms with Crippen LogP contribution in [-0.4, -0.2) is 26.2 Å². The number of unbranched alkanes of at least 4 members (excludes halogenated alkanes) is 9. The van der Waals surface area contributed by atoms with Crippen molar-refractivity contribution in [3.63, 3.8) is 0 Å². The average Bonchev–Trinajstić information content (AvgIpc) is 3.17. The van der Waals surface area contributed by atoms with Crippen LogP contribution in [-0.2, 0) is 5.54 Å². The summed E-state index contributed by atoms with van der Waals surface area (Å²) in [6.45, 7) is 4.28. The lowest BCUT2D eigenvalue weighted by atomic mass is 9.83. The zero-order valence-corrected chi connectivity index (χ0v) is 18.2. The molecule has 0 spiro atoms. The molecule has 0 aliphatic heterocycles. The molecule has 4 heteroatoms. The topological polar surface area (TPSA) is 50.9 Å². The highest BCUT2D eigenvalue weighted by atomic mass is 16.3. The minimum absolute atomic E-state index is 0.590. The Morgan fingerprint density at radius 2 is 1.45 bits per heavy atom. The standard InChI is InChI=1S/C25H37N3O/c1-3-4-5-6-7-8-9-10-11-12-16-21-17-15-20-25(2,24(21)29)28-26-22-18-13-14-19-23(22)27-28/h13-15,17-20,24,29H,3-12,16H2,1-2H3. The summed E-state index contributed by atoms with van der Waals surface area (Å²) in [5.41, 5.74) is 2.18. The zero-order valence-electron chi connectivity index (χ0n) is 18.2. The Labute approximate surface area is 175 Å². The second kappa shape index (κ2) is 10.7. The second-order valence-corrected chi connectivity index (χ2v) is 8.64. The van der Waals surface area contributed by atoms with E-state index in [1.807, 2.05) is 43.3 Å². The number of hydrogen-bond acceptors (Lipinski definition) is 3. The van der Waals surface area contributed by atoms with E-state index in [2.05, 4.69) is 23.2 Å². The smallest absolute Gasteiger partial charge is 0.127 e. The molecule has 29 heavy (non-hydrogen) atoms. The Hall–Kier alpha value is -1.94. The average molecular weight is 396 g/mol. The molecule has 158 valence electrons. The number of fused-ring (bicyclic) bond motifs is 1. The third kappa shape index (κ3) is 5.57. The number of aliphatic hydroxyl groups is 1. The Kier molecular flexibility index (Phi) is 8.05. The molecule has 2 atom stereocenters. The maximum absolute atomic E-state index is 11.1. The molecule has 4 nitrogen and oxygen atoms in total. The Morgan fingerprint density at radius 3 is 2.03 bits per heavy atom. The van der Waals surface area contributed by atoms with Gasteiger partial charge in [0.1, 0.15) is 22.7 Å². The van der Waals surface area contributed by atoms with Gasteiger partial charge in [0.25, 0.3) is 0 Å². The van der Waals surface area contributed by atoms with Gasteiger partial charge in [0, 0.05) is 0 Å². The Bertz CT molecular complexity index is 789. The summed E-state index contributed by atoms with van der Waals surface area (Å²) in [5, 5.41) is 20.3. The molecule has 1 N–H and O–H groups in total. The molecule has 0 saturated heterocycles. The van der Waals surface area contributed by atoms with Crippen molar-refractivity contribution in [2.24, 2.45) is 0 Å². The number of aromatic nitrogens is 3. The molecule has 0 amide bonds. The van der Waals surface area contributed by atoms with Gasteiger partial charge in [0.2, 0.25) is 0 Å². The van der Waals surface area contributed by atoms with E-state index in [1.54, 1.807) is 4.80 Å². The number of aliphatic hydroxyl groups excluding tert-OH is 1. The van der Waals surface area contributed by atoms with Crippen LogP contribution in [0.3, 0.4) is 0 Å². The highest BCUT2D eigenvalue weighted by Gasteiger charge is 2.38. The molecular formula is C25H37N3O. The van der Waals surface area contributed by atoms with E-state index in [4.69, 9.17) is 0 Å². The van der Waals surface area contributed by atoms with Crippen LogP contribution < -0.4 is 0 Å². The fourth-order valence-electron chi connectivity index (χ4n) is 4.21. The lowest BCUT2D eigenvalue weighted by Gasteiger charge is -2.34. The van der Waals surface area contributed by atoms with Crippen molar-refractivity contribution in [3.8, 4) is 0 Å². The van der Waals surface area contributed by atoms with Gasteiger partial charge >= 0.3 is 0 Å². The number of rotatable bonds is 12. The van der Waals surface area contributed by atoms with Crippen LogP contribution in [0.1, 0.15) is 84.5 Å². The molecular weight excluding hydrogens is 358 g/mol. The van der Waals surface area contributed by atoms with Crippen LogP contribution in [0.25, 0.3) is 11.0 Å². The van der Waals surface area contributed by atoms with E-state index < -0.39 is 11.6 Å². The van der Waals surface area contributed by atoms with Gasteiger partial charge in [-0.15, -0.1) is 0 Å². The minimum atomic E-state index is -0.637. The summed E-state index contributed by atoms with van der Waals surface area (Å²) in [7, 11) is 0. The summed E-state index contributed by atoms with van der Waals surface area (Å²) in [6, 6.07) is 7.85. The van der Waals surface area contributed by atoms with Crippen LogP contribution >= 0.6 is 0 Å². The van der Waals surface area contributed by atoms with Gasteiger partial charge in [-0.05, 0) is 37.5 Å². The van der Waals surface area contributed by atoms with Gasteiger partial charge < -0.3 is 5.11 Å². The van der Waals surface area contributed by atoms with Gasteiger partial charge in [0.15, 0.2) is 0 Å². The first-order valence-corrected chi connectivity index (χ1v) is 11.5. The Balaban J connectivity index is 1.44. The van der Waals surface area contributed by atoms with E-state index in [0.29, 0.717) is 0 Å². The molecule has 0 saturated carbocycles. The summed E-state index contributed by atoms with van der Waals surface area (Å²) in [6.07, 6.45) is 19.8. The third-order valence-electron chi connectivity index (χ3n) is 6.19. The molecule has 2 aromatic rings. The summed E-state index contributed by atoms with van der Waals surface area (Å²) < 4.78 is 0. The fraction of sp³-hybridized carbons (Fsp3) is 0.600. The van der Waals surface area contributed by atoms with Crippen LogP contribution in [0.15, 0.2) is 48.1 Å². The van der Waals surface area contributed by atoms with Crippen molar-refractivity contribution >= 4 is 11.0 Å². The second-order valence-electron chi connectivity index (χ2n) is 8.64. The molecule has 1 aliphatic carbocycles. The number of hydrogen-bond donors (Lipinski definition) is 1. The largest absolute Gasteiger partial charge is 0.386 e. The van der Waals surface area contributed by atoms with Crippen molar-refractivity contribution in [3.05, 3.63) is 48.1 Å². The molecule has 1 heterocycles. The van der Waals surface area contributed by atoms with Gasteiger partial charge in [-0.1, -0.05) is 95.1 Å². The van der Waals surface area contributed by atoms with Crippen molar-refractivity contribution < 1.29 is 5.11 Å². The fourth-order valence-corrected chi connectivity index (χ4v) is 4.21. The monoisotopic (exact) mass is 395 g/mol. The van der Waals surface area contributed by atoms with Crippen LogP contribution in [0, 0.1) is 0 Å². The van der Waals surface area contributed by atoms with Crippen LogP contribution in [0.4, 0.5) is 0 Å². The maximum atomic E-state index is 11.1. The first kappa shape index (κ1) is 21.8. The normalized spacial score (nSPS) is 21.6. The summed E-state index contributed by atoms with van der Waals surface area (Å²) in [5.74, 6) is 0. The third-order valence-corrected chi connectivity index (χ3v) is 6.19. The highest BCUT2D eigenvalue weighted by Crippen LogP contribution is 2.32. The van der Waals surface area contributed by atoms with Crippen molar-refractivity contribution in [2.45, 2.75) is 96.1 Å². The van der Waals surface area contributed by atoms with Gasteiger partial charge in [-0.25, -0.2) is 0 Å². The molecule has 1 aromatic carbocycles. The number of allylic oxidation sites excluding steroid dienone is 2. The van der Waals surface area contributed by atoms with E-state index in [9.17, 15) is 5.11 Å². The summed E-state index contributed by atoms with van der Waals surface area (Å²) in [4.78, 5) is 1.68. The summed E-state index contributed by atoms with van der Waals surface area (Å²) >= 11 is 0. The molecule has 1 aromatic heterocycles. The van der Waals surface area contributed by atoms with Gasteiger partial charge in [-0.3, -0.25) is 0 Å². The van der Waals surface area contributed by atoms with Crippen LogP contribution in [0.2, 0.25) is 0 Å². The predicted molar refractivity (Wildman–Crippen MR) is 121 cm³/mol. The first-order valence-electron chi connectivity index (χ1n) is 11.5. The van der Waals surface area contributed by atoms with Crippen LogP contribution in [0.5, 0.6) is 0 Å². The number of nitrogens with zero attached hydrogens (tertiary/aromatic N) is 3. The SMILES string of the molecule is CCCCCCCCCCCCC1=CC=CC(C)(n2nc3ccccc3n2)C1O. The van der Waals surface area contributed by atoms with Crippen molar-refractivity contribution in [2.75, 3.05) is 0 Å². The van der Waals surface area contributed by atoms with E-state index in [1.165, 1.54) is 57.8 Å². The van der Waals surface area contributed by atoms with Crippen molar-refractivity contribution in [1.29, 1.82) is 0 Å². The van der Waals surface area contributed by atoms with Gasteiger partial charge in [0.05, 0.1) is 0 Å². The zero-order chi connectivity index (χ0) is 20.5. The first-order chi connectivity index (χ1) is 14.1. The minimum Gasteiger partial charge on any atom is -0.386 e. The molecule has 0 bridgehead atoms. The molecule has 1 aliphatic rings. The Morgan fingerprint density at radius 1 is 0.897 bits per heavy atom. The molecule has 0 radical (unpaired) electrons. The van der Waals surface area contributed by atoms with Crippen molar-refractivity contribution in [1.82, 2.24) is 15.0 Å². The molecule has 2 unspecified atom stereocenters. The number of benzene rings is 1. The highest BCUT2D eigenvalue weighted by molar-refractivity contribution is 5.73. The lowest BCUT2D eigenvalue weighted by molar-refractivity contribution is 0.0840. The van der Waals surface area contributed by atoms with Gasteiger partial charge in [-0.2, -0.15) is 15.0 Å². The molecule has 0 fully saturated rings. The van der Waals surface area contributed by atoms with E-state index in [0.717, 1.165) is 29.4 Å². The van der Waals surface area contributed by atoms with E-state index in [-0.39, 0.29) is 0 Å². The van der Waals surface area contributed by atoms with E-state index >= 15 is 0 Å². The lowest BCUT2D eigenvalue weighted by Crippen LogP contribution is -2.44. The quantitative estimate of drug-likeness (QED) is 0.428. The predicted octanol–water partition coefficient (Wildman–Crippen LogP) is 6.31.